The largest absolute Gasteiger partial charge is 0.744 e. The van der Waals surface area contributed by atoms with Gasteiger partial charge in [0.15, 0.2) is 0 Å². The van der Waals surface area contributed by atoms with Crippen LogP contribution in [-0.4, -0.2) is 18.0 Å². The van der Waals surface area contributed by atoms with Crippen LogP contribution < -0.4 is 5.73 Å². The fourth-order valence-electron chi connectivity index (χ4n) is 1.39. The van der Waals surface area contributed by atoms with E-state index in [9.17, 15) is 13.0 Å². The highest BCUT2D eigenvalue weighted by Gasteiger charge is 2.09. The van der Waals surface area contributed by atoms with E-state index in [0.717, 1.165) is 0 Å². The van der Waals surface area contributed by atoms with Gasteiger partial charge in [0.2, 0.25) is 0 Å². The molecule has 0 aliphatic carbocycles. The normalized spacial score (nSPS) is 11.8. The highest BCUT2D eigenvalue weighted by Crippen LogP contribution is 2.25. The Balaban J connectivity index is 2.96. The van der Waals surface area contributed by atoms with Crippen LogP contribution in [0.4, 0.5) is 5.69 Å². The second kappa shape index (κ2) is 3.18. The van der Waals surface area contributed by atoms with Crippen molar-refractivity contribution < 1.29 is 13.0 Å². The van der Waals surface area contributed by atoms with E-state index < -0.39 is 10.1 Å². The van der Waals surface area contributed by atoms with Crippen molar-refractivity contribution in [3.8, 4) is 0 Å². The molecular weight excluding hydrogens is 216 g/mol. The summed E-state index contributed by atoms with van der Waals surface area (Å²) in [6.07, 6.45) is 1.49. The van der Waals surface area contributed by atoms with Crippen LogP contribution in [0.3, 0.4) is 0 Å². The lowest BCUT2D eigenvalue weighted by Gasteiger charge is -2.10. The van der Waals surface area contributed by atoms with E-state index in [0.29, 0.717) is 11.2 Å². The number of anilines is 1. The van der Waals surface area contributed by atoms with Gasteiger partial charge in [-0.25, -0.2) is 8.42 Å². The van der Waals surface area contributed by atoms with Gasteiger partial charge < -0.3 is 10.3 Å². The van der Waals surface area contributed by atoms with Gasteiger partial charge >= 0.3 is 0 Å². The predicted molar refractivity (Wildman–Crippen MR) is 54.1 cm³/mol. The van der Waals surface area contributed by atoms with Gasteiger partial charge in [0.1, 0.15) is 10.1 Å². The third-order valence-corrected chi connectivity index (χ3v) is 2.92. The summed E-state index contributed by atoms with van der Waals surface area (Å²) in [5.41, 5.74) is 6.28. The quantitative estimate of drug-likeness (QED) is 0.567. The van der Waals surface area contributed by atoms with Crippen molar-refractivity contribution in [3.05, 3.63) is 30.5 Å². The maximum atomic E-state index is 10.9. The summed E-state index contributed by atoms with van der Waals surface area (Å²) in [7, 11) is -4.49. The Morgan fingerprint density at radius 3 is 2.67 bits per heavy atom. The van der Waals surface area contributed by atoms with Crippen molar-refractivity contribution in [2.45, 2.75) is 4.90 Å². The Kier molecular flexibility index (Phi) is 2.09. The number of aromatic nitrogens is 1. The Hall–Kier alpha value is -1.66. The van der Waals surface area contributed by atoms with Crippen molar-refractivity contribution in [1.29, 1.82) is 0 Å². The summed E-state index contributed by atoms with van der Waals surface area (Å²) < 4.78 is 32.8. The Bertz CT molecular complexity index is 622. The molecule has 6 heteroatoms. The third-order valence-electron chi connectivity index (χ3n) is 2.03. The van der Waals surface area contributed by atoms with Crippen LogP contribution >= 0.6 is 0 Å². The first-order valence-electron chi connectivity index (χ1n) is 4.09. The van der Waals surface area contributed by atoms with Gasteiger partial charge in [-0.2, -0.15) is 0 Å². The molecule has 0 amide bonds. The minimum Gasteiger partial charge on any atom is -0.744 e. The van der Waals surface area contributed by atoms with Gasteiger partial charge in [-0.3, -0.25) is 4.98 Å². The van der Waals surface area contributed by atoms with Crippen LogP contribution in [0.2, 0.25) is 0 Å². The third kappa shape index (κ3) is 1.64. The van der Waals surface area contributed by atoms with Crippen LogP contribution in [0.1, 0.15) is 0 Å². The van der Waals surface area contributed by atoms with Crippen LogP contribution in [0.5, 0.6) is 0 Å². The molecule has 0 unspecified atom stereocenters. The van der Waals surface area contributed by atoms with Crippen molar-refractivity contribution in [1.82, 2.24) is 4.98 Å². The number of nitrogens with zero attached hydrogens (tertiary/aromatic N) is 1. The molecule has 0 saturated heterocycles. The summed E-state index contributed by atoms with van der Waals surface area (Å²) in [4.78, 5) is 3.63. The van der Waals surface area contributed by atoms with E-state index in [-0.39, 0.29) is 10.3 Å². The minimum absolute atomic E-state index is 0.257. The molecule has 0 saturated carbocycles. The second-order valence-electron chi connectivity index (χ2n) is 3.01. The number of hydrogen-bond donors (Lipinski definition) is 1. The van der Waals surface area contributed by atoms with E-state index in [1.807, 2.05) is 0 Å². The summed E-state index contributed by atoms with van der Waals surface area (Å²) >= 11 is 0. The Morgan fingerprint density at radius 2 is 2.00 bits per heavy atom. The van der Waals surface area contributed by atoms with Crippen LogP contribution in [0.15, 0.2) is 35.4 Å². The first kappa shape index (κ1) is 9.88. The molecule has 0 radical (unpaired) electrons. The standard InChI is InChI=1S/C9H8N2O3S/c10-7-3-4-8(15(12,13)14)6-2-1-5-11-9(6)7/h1-5H,10H2,(H,12,13,14)/p-1. The number of nitrogens with two attached hydrogens (primary N) is 1. The lowest BCUT2D eigenvalue weighted by molar-refractivity contribution is 0.464. The molecule has 0 spiro atoms. The molecule has 1 aromatic heterocycles. The monoisotopic (exact) mass is 223 g/mol. The lowest BCUT2D eigenvalue weighted by Crippen LogP contribution is -2.01. The summed E-state index contributed by atoms with van der Waals surface area (Å²) in [5, 5.41) is 0.257. The molecule has 2 rings (SSSR count). The highest BCUT2D eigenvalue weighted by atomic mass is 32.2. The predicted octanol–water partition coefficient (Wildman–Crippen LogP) is 0.721. The molecule has 0 aliphatic rings. The zero-order chi connectivity index (χ0) is 11.1. The zero-order valence-electron chi connectivity index (χ0n) is 7.54. The molecule has 0 atom stereocenters. The maximum Gasteiger partial charge on any atom is 0.125 e. The Labute approximate surface area is 86.3 Å². The number of hydrogen-bond acceptors (Lipinski definition) is 5. The van der Waals surface area contributed by atoms with E-state index in [4.69, 9.17) is 5.73 Å². The number of nitrogen functional groups attached to an aromatic ring is 1. The molecule has 15 heavy (non-hydrogen) atoms. The highest BCUT2D eigenvalue weighted by molar-refractivity contribution is 7.86. The number of benzene rings is 1. The fraction of sp³-hybridized carbons (Fsp3) is 0. The topological polar surface area (TPSA) is 96.1 Å². The lowest BCUT2D eigenvalue weighted by atomic mass is 10.2. The van der Waals surface area contributed by atoms with Crippen LogP contribution in [0, 0.1) is 0 Å². The van der Waals surface area contributed by atoms with Crippen LogP contribution in [0.25, 0.3) is 10.9 Å². The molecule has 0 fully saturated rings. The van der Waals surface area contributed by atoms with Gasteiger partial charge in [0.25, 0.3) is 0 Å². The maximum absolute atomic E-state index is 10.9. The summed E-state index contributed by atoms with van der Waals surface area (Å²) in [6.45, 7) is 0. The van der Waals surface area contributed by atoms with E-state index in [1.165, 1.54) is 24.4 Å². The SMILES string of the molecule is Nc1ccc(S(=O)(=O)[O-])c2cccnc12. The van der Waals surface area contributed by atoms with Crippen molar-refractivity contribution in [2.24, 2.45) is 0 Å². The van der Waals surface area contributed by atoms with Crippen LogP contribution in [-0.2, 0) is 10.1 Å². The second-order valence-corrected chi connectivity index (χ2v) is 4.35. The summed E-state index contributed by atoms with van der Waals surface area (Å²) in [6, 6.07) is 5.61. The number of fused-ring (bicyclic) bond motifs is 1. The number of rotatable bonds is 1. The Morgan fingerprint density at radius 1 is 1.27 bits per heavy atom. The number of pyridine rings is 1. The molecular formula is C9H7N2O3S-. The molecule has 1 heterocycles. The van der Waals surface area contributed by atoms with E-state index in [2.05, 4.69) is 4.98 Å². The summed E-state index contributed by atoms with van der Waals surface area (Å²) in [5.74, 6) is 0. The first-order valence-corrected chi connectivity index (χ1v) is 5.50. The fourth-order valence-corrected chi connectivity index (χ4v) is 2.06. The molecule has 2 aromatic rings. The molecule has 2 N–H and O–H groups in total. The average molecular weight is 223 g/mol. The van der Waals surface area contributed by atoms with E-state index in [1.54, 1.807) is 6.07 Å². The van der Waals surface area contributed by atoms with E-state index >= 15 is 0 Å². The first-order chi connectivity index (χ1) is 7.00. The van der Waals surface area contributed by atoms with Gasteiger partial charge in [0.05, 0.1) is 16.1 Å². The average Bonchev–Trinajstić information content (AvgIpc) is 2.17. The smallest absolute Gasteiger partial charge is 0.125 e. The van der Waals surface area contributed by atoms with Gasteiger partial charge in [-0.1, -0.05) is 0 Å². The van der Waals surface area contributed by atoms with Crippen molar-refractivity contribution in [3.63, 3.8) is 0 Å². The van der Waals surface area contributed by atoms with Crippen molar-refractivity contribution >= 4 is 26.7 Å². The van der Waals surface area contributed by atoms with Gasteiger partial charge in [-0.15, -0.1) is 0 Å². The van der Waals surface area contributed by atoms with Gasteiger partial charge in [-0.05, 0) is 24.3 Å². The molecule has 0 aliphatic heterocycles. The van der Waals surface area contributed by atoms with Gasteiger partial charge in [0, 0.05) is 11.6 Å². The molecule has 78 valence electrons. The molecule has 5 nitrogen and oxygen atoms in total. The zero-order valence-corrected chi connectivity index (χ0v) is 8.36. The molecule has 1 aromatic carbocycles. The molecule has 0 bridgehead atoms. The minimum atomic E-state index is -4.49. The van der Waals surface area contributed by atoms with Crippen molar-refractivity contribution in [2.75, 3.05) is 5.73 Å².